The minimum absolute atomic E-state index is 0.671. The van der Waals surface area contributed by atoms with E-state index in [1.807, 2.05) is 0 Å². The van der Waals surface area contributed by atoms with Crippen LogP contribution in [-0.2, 0) is 0 Å². The second-order valence-corrected chi connectivity index (χ2v) is 6.55. The fraction of sp³-hybridized carbons (Fsp3) is 1.00. The number of nitrogens with one attached hydrogen (secondary N) is 1. The molecule has 0 heterocycles. The molecule has 100 valence electrons. The third-order valence-electron chi connectivity index (χ3n) is 5.32. The predicted octanol–water partition coefficient (Wildman–Crippen LogP) is 4.52. The summed E-state index contributed by atoms with van der Waals surface area (Å²) in [6.07, 6.45) is 16.1. The van der Waals surface area contributed by atoms with Gasteiger partial charge in [0.05, 0.1) is 0 Å². The fourth-order valence-electron chi connectivity index (χ4n) is 3.89. The van der Waals surface area contributed by atoms with E-state index in [0.29, 0.717) is 5.41 Å². The molecule has 0 spiro atoms. The standard InChI is InChI=1S/C16H31N/c1-2-16(11-7-8-12-16)14-17-13-15-9-5-3-4-6-10-15/h15,17H,2-14H2,1H3. The predicted molar refractivity (Wildman–Crippen MR) is 75.3 cm³/mol. The second kappa shape index (κ2) is 6.78. The van der Waals surface area contributed by atoms with E-state index in [1.54, 1.807) is 0 Å². The van der Waals surface area contributed by atoms with Gasteiger partial charge < -0.3 is 5.32 Å². The average molecular weight is 237 g/mol. The Morgan fingerprint density at radius 2 is 1.59 bits per heavy atom. The van der Waals surface area contributed by atoms with Gasteiger partial charge in [-0.15, -0.1) is 0 Å². The highest BCUT2D eigenvalue weighted by Gasteiger charge is 2.31. The van der Waals surface area contributed by atoms with E-state index >= 15 is 0 Å². The van der Waals surface area contributed by atoms with Crippen LogP contribution in [0.15, 0.2) is 0 Å². The molecule has 0 unspecified atom stereocenters. The third-order valence-corrected chi connectivity index (χ3v) is 5.32. The van der Waals surface area contributed by atoms with Gasteiger partial charge in [0.15, 0.2) is 0 Å². The lowest BCUT2D eigenvalue weighted by molar-refractivity contribution is 0.258. The monoisotopic (exact) mass is 237 g/mol. The SMILES string of the molecule is CCC1(CNCC2CCCCCC2)CCCC1. The van der Waals surface area contributed by atoms with Crippen molar-refractivity contribution in [3.63, 3.8) is 0 Å². The van der Waals surface area contributed by atoms with Crippen molar-refractivity contribution in [2.45, 2.75) is 77.6 Å². The van der Waals surface area contributed by atoms with Gasteiger partial charge in [0.1, 0.15) is 0 Å². The molecule has 2 rings (SSSR count). The molecule has 0 radical (unpaired) electrons. The van der Waals surface area contributed by atoms with Crippen LogP contribution in [0.1, 0.15) is 77.6 Å². The van der Waals surface area contributed by atoms with Gasteiger partial charge in [0.25, 0.3) is 0 Å². The molecule has 1 N–H and O–H groups in total. The summed E-state index contributed by atoms with van der Waals surface area (Å²) in [5, 5.41) is 3.82. The molecule has 17 heavy (non-hydrogen) atoms. The fourth-order valence-corrected chi connectivity index (χ4v) is 3.89. The summed E-state index contributed by atoms with van der Waals surface area (Å²) in [5.74, 6) is 0.979. The van der Waals surface area contributed by atoms with Crippen molar-refractivity contribution in [3.05, 3.63) is 0 Å². The highest BCUT2D eigenvalue weighted by atomic mass is 14.9. The zero-order valence-corrected chi connectivity index (χ0v) is 11.8. The van der Waals surface area contributed by atoms with E-state index < -0.39 is 0 Å². The van der Waals surface area contributed by atoms with Gasteiger partial charge >= 0.3 is 0 Å². The molecule has 0 aromatic rings. The highest BCUT2D eigenvalue weighted by Crippen LogP contribution is 2.40. The van der Waals surface area contributed by atoms with Gasteiger partial charge in [-0.3, -0.25) is 0 Å². The van der Waals surface area contributed by atoms with Crippen molar-refractivity contribution in [1.82, 2.24) is 5.32 Å². The minimum atomic E-state index is 0.671. The van der Waals surface area contributed by atoms with Crippen LogP contribution in [0.5, 0.6) is 0 Å². The van der Waals surface area contributed by atoms with Crippen LogP contribution in [0, 0.1) is 11.3 Å². The van der Waals surface area contributed by atoms with Gasteiger partial charge in [-0.05, 0) is 50.0 Å². The molecule has 0 saturated heterocycles. The quantitative estimate of drug-likeness (QED) is 0.693. The third kappa shape index (κ3) is 3.98. The van der Waals surface area contributed by atoms with Crippen molar-refractivity contribution in [1.29, 1.82) is 0 Å². The van der Waals surface area contributed by atoms with Crippen LogP contribution < -0.4 is 5.32 Å². The molecular formula is C16H31N. The molecular weight excluding hydrogens is 206 g/mol. The lowest BCUT2D eigenvalue weighted by Gasteiger charge is -2.29. The molecule has 2 aliphatic rings. The summed E-state index contributed by atoms with van der Waals surface area (Å²) in [6.45, 7) is 4.97. The molecule has 0 aliphatic heterocycles. The molecule has 0 bridgehead atoms. The van der Waals surface area contributed by atoms with Crippen LogP contribution in [0.2, 0.25) is 0 Å². The molecule has 0 atom stereocenters. The average Bonchev–Trinajstić information content (AvgIpc) is 2.67. The van der Waals surface area contributed by atoms with Gasteiger partial charge in [-0.2, -0.15) is 0 Å². The lowest BCUT2D eigenvalue weighted by atomic mass is 9.83. The Balaban J connectivity index is 1.67. The normalized spacial score (nSPS) is 25.9. The first kappa shape index (κ1) is 13.4. The number of hydrogen-bond donors (Lipinski definition) is 1. The van der Waals surface area contributed by atoms with E-state index in [9.17, 15) is 0 Å². The summed E-state index contributed by atoms with van der Waals surface area (Å²) in [7, 11) is 0. The van der Waals surface area contributed by atoms with E-state index in [-0.39, 0.29) is 0 Å². The molecule has 0 aromatic heterocycles. The van der Waals surface area contributed by atoms with Crippen molar-refractivity contribution in [2.24, 2.45) is 11.3 Å². The molecule has 2 saturated carbocycles. The van der Waals surface area contributed by atoms with Crippen molar-refractivity contribution in [2.75, 3.05) is 13.1 Å². The minimum Gasteiger partial charge on any atom is -0.316 e. The summed E-state index contributed by atoms with van der Waals surface area (Å²) >= 11 is 0. The molecule has 2 aliphatic carbocycles. The Morgan fingerprint density at radius 1 is 0.941 bits per heavy atom. The van der Waals surface area contributed by atoms with Crippen LogP contribution in [0.3, 0.4) is 0 Å². The van der Waals surface area contributed by atoms with Gasteiger partial charge in [0.2, 0.25) is 0 Å². The first-order valence-corrected chi connectivity index (χ1v) is 8.05. The summed E-state index contributed by atoms with van der Waals surface area (Å²) in [4.78, 5) is 0. The number of rotatable bonds is 5. The Bertz CT molecular complexity index is 198. The van der Waals surface area contributed by atoms with Crippen molar-refractivity contribution in [3.8, 4) is 0 Å². The molecule has 1 heteroatoms. The Morgan fingerprint density at radius 3 is 2.18 bits per heavy atom. The number of hydrogen-bond acceptors (Lipinski definition) is 1. The Labute approximate surface area is 108 Å². The summed E-state index contributed by atoms with van der Waals surface area (Å²) in [5.41, 5.74) is 0.671. The maximum atomic E-state index is 3.82. The first-order valence-electron chi connectivity index (χ1n) is 8.05. The zero-order chi connectivity index (χ0) is 12.0. The Kier molecular flexibility index (Phi) is 5.34. The van der Waals surface area contributed by atoms with Crippen LogP contribution in [0.4, 0.5) is 0 Å². The molecule has 2 fully saturated rings. The summed E-state index contributed by atoms with van der Waals surface area (Å²) < 4.78 is 0. The molecule has 0 amide bonds. The maximum absolute atomic E-state index is 3.82. The van der Waals surface area contributed by atoms with Gasteiger partial charge in [-0.1, -0.05) is 45.4 Å². The van der Waals surface area contributed by atoms with E-state index in [1.165, 1.54) is 83.7 Å². The van der Waals surface area contributed by atoms with Crippen molar-refractivity contribution < 1.29 is 0 Å². The van der Waals surface area contributed by atoms with E-state index in [4.69, 9.17) is 0 Å². The van der Waals surface area contributed by atoms with Gasteiger partial charge in [-0.25, -0.2) is 0 Å². The van der Waals surface area contributed by atoms with E-state index in [0.717, 1.165) is 5.92 Å². The highest BCUT2D eigenvalue weighted by molar-refractivity contribution is 4.85. The summed E-state index contributed by atoms with van der Waals surface area (Å²) in [6, 6.07) is 0. The van der Waals surface area contributed by atoms with Crippen LogP contribution in [0.25, 0.3) is 0 Å². The molecule has 1 nitrogen and oxygen atoms in total. The smallest absolute Gasteiger partial charge is 0.000782 e. The first-order chi connectivity index (χ1) is 8.35. The van der Waals surface area contributed by atoms with Gasteiger partial charge in [0, 0.05) is 6.54 Å². The van der Waals surface area contributed by atoms with Crippen molar-refractivity contribution >= 4 is 0 Å². The topological polar surface area (TPSA) is 12.0 Å². The Hall–Kier alpha value is -0.0400. The van der Waals surface area contributed by atoms with Crippen LogP contribution >= 0.6 is 0 Å². The largest absolute Gasteiger partial charge is 0.316 e. The van der Waals surface area contributed by atoms with Crippen LogP contribution in [-0.4, -0.2) is 13.1 Å². The zero-order valence-electron chi connectivity index (χ0n) is 11.8. The van der Waals surface area contributed by atoms with E-state index in [2.05, 4.69) is 12.2 Å². The molecule has 0 aromatic carbocycles. The second-order valence-electron chi connectivity index (χ2n) is 6.55. The maximum Gasteiger partial charge on any atom is 0.000782 e. The lowest BCUT2D eigenvalue weighted by Crippen LogP contribution is -2.34.